The van der Waals surface area contributed by atoms with Gasteiger partial charge >= 0.3 is 0 Å². The number of benzene rings is 1. The number of hydrogen-bond acceptors (Lipinski definition) is 4. The molecule has 2 rings (SSSR count). The number of rotatable bonds is 8. The Morgan fingerprint density at radius 3 is 2.62 bits per heavy atom. The molecule has 1 unspecified atom stereocenters. The molecule has 1 fully saturated rings. The van der Waals surface area contributed by atoms with Crippen molar-refractivity contribution in [2.45, 2.75) is 63.9 Å². The van der Waals surface area contributed by atoms with Crippen LogP contribution in [0.3, 0.4) is 0 Å². The Bertz CT molecular complexity index is 712. The Morgan fingerprint density at radius 2 is 1.96 bits per heavy atom. The Morgan fingerprint density at radius 1 is 1.27 bits per heavy atom. The number of nitrogens with zero attached hydrogens (tertiary/aromatic N) is 1. The molecule has 1 N–H and O–H groups in total. The molecule has 0 saturated carbocycles. The highest BCUT2D eigenvalue weighted by molar-refractivity contribution is 7.89. The van der Waals surface area contributed by atoms with Gasteiger partial charge in [0.25, 0.3) is 5.91 Å². The van der Waals surface area contributed by atoms with Crippen LogP contribution in [0.25, 0.3) is 0 Å². The fourth-order valence-electron chi connectivity index (χ4n) is 2.92. The van der Waals surface area contributed by atoms with E-state index in [1.165, 1.54) is 0 Å². The number of piperidine rings is 1. The second-order valence-electron chi connectivity index (χ2n) is 6.80. The minimum atomic E-state index is -3.54. The van der Waals surface area contributed by atoms with E-state index in [4.69, 9.17) is 4.74 Å². The average molecular weight is 383 g/mol. The summed E-state index contributed by atoms with van der Waals surface area (Å²) in [5.74, 6) is -0.272. The Balaban J connectivity index is 2.12. The summed E-state index contributed by atoms with van der Waals surface area (Å²) in [6, 6.07) is 5.01. The van der Waals surface area contributed by atoms with Crippen LogP contribution in [0.5, 0.6) is 0 Å². The normalized spacial score (nSPS) is 17.0. The second kappa shape index (κ2) is 9.48. The van der Waals surface area contributed by atoms with Gasteiger partial charge in [0.15, 0.2) is 0 Å². The van der Waals surface area contributed by atoms with E-state index in [9.17, 15) is 13.2 Å². The van der Waals surface area contributed by atoms with Gasteiger partial charge in [-0.3, -0.25) is 4.79 Å². The SMILES string of the molecule is CCCCOC(C)C(=O)Nc1ccc(C)c(S(=O)(=O)N2CCCCC2)c1. The monoisotopic (exact) mass is 382 g/mol. The molecule has 7 heteroatoms. The van der Waals surface area contributed by atoms with Crippen LogP contribution in [0, 0.1) is 6.92 Å². The van der Waals surface area contributed by atoms with Gasteiger partial charge in [-0.25, -0.2) is 8.42 Å². The van der Waals surface area contributed by atoms with Gasteiger partial charge in [0.1, 0.15) is 6.10 Å². The fourth-order valence-corrected chi connectivity index (χ4v) is 4.69. The molecular formula is C19H30N2O4S. The van der Waals surface area contributed by atoms with Gasteiger partial charge in [-0.05, 0) is 50.8 Å². The number of sulfonamides is 1. The van der Waals surface area contributed by atoms with Crippen molar-refractivity contribution < 1.29 is 17.9 Å². The first kappa shape index (κ1) is 20.9. The number of ether oxygens (including phenoxy) is 1. The molecule has 0 bridgehead atoms. The molecule has 0 aromatic heterocycles. The van der Waals surface area contributed by atoms with Gasteiger partial charge in [-0.2, -0.15) is 4.31 Å². The molecule has 26 heavy (non-hydrogen) atoms. The summed E-state index contributed by atoms with van der Waals surface area (Å²) in [6.07, 6.45) is 4.18. The minimum Gasteiger partial charge on any atom is -0.369 e. The third kappa shape index (κ3) is 5.28. The van der Waals surface area contributed by atoms with Crippen molar-refractivity contribution in [3.63, 3.8) is 0 Å². The Hall–Kier alpha value is -1.44. The first-order valence-corrected chi connectivity index (χ1v) is 10.8. The fraction of sp³-hybridized carbons (Fsp3) is 0.632. The number of nitrogens with one attached hydrogen (secondary N) is 1. The molecule has 1 aromatic carbocycles. The second-order valence-corrected chi connectivity index (χ2v) is 8.71. The lowest BCUT2D eigenvalue weighted by Crippen LogP contribution is -2.36. The molecule has 0 spiro atoms. The highest BCUT2D eigenvalue weighted by Gasteiger charge is 2.27. The largest absolute Gasteiger partial charge is 0.369 e. The number of carbonyl (C=O) groups excluding carboxylic acids is 1. The number of carbonyl (C=O) groups is 1. The highest BCUT2D eigenvalue weighted by Crippen LogP contribution is 2.26. The van der Waals surface area contributed by atoms with Crippen molar-refractivity contribution in [3.8, 4) is 0 Å². The summed E-state index contributed by atoms with van der Waals surface area (Å²) in [7, 11) is -3.54. The molecule has 1 aliphatic heterocycles. The van der Waals surface area contributed by atoms with Crippen molar-refractivity contribution in [3.05, 3.63) is 23.8 Å². The molecule has 0 radical (unpaired) electrons. The Labute approximate surface area is 157 Å². The van der Waals surface area contributed by atoms with Gasteiger partial charge in [0.05, 0.1) is 4.90 Å². The maximum atomic E-state index is 12.9. The summed E-state index contributed by atoms with van der Waals surface area (Å²) >= 11 is 0. The summed E-state index contributed by atoms with van der Waals surface area (Å²) in [6.45, 7) is 7.18. The molecule has 1 heterocycles. The molecule has 1 saturated heterocycles. The van der Waals surface area contributed by atoms with E-state index in [0.717, 1.165) is 32.1 Å². The van der Waals surface area contributed by atoms with Crippen LogP contribution in [0.15, 0.2) is 23.1 Å². The molecular weight excluding hydrogens is 352 g/mol. The van der Waals surface area contributed by atoms with Crippen LogP contribution < -0.4 is 5.32 Å². The van der Waals surface area contributed by atoms with Gasteiger partial charge in [-0.15, -0.1) is 0 Å². The molecule has 6 nitrogen and oxygen atoms in total. The van der Waals surface area contributed by atoms with E-state index in [-0.39, 0.29) is 10.8 Å². The third-order valence-corrected chi connectivity index (χ3v) is 6.66. The predicted molar refractivity (Wildman–Crippen MR) is 103 cm³/mol. The predicted octanol–water partition coefficient (Wildman–Crippen LogP) is 3.31. The molecule has 1 aliphatic rings. The van der Waals surface area contributed by atoms with Crippen LogP contribution >= 0.6 is 0 Å². The van der Waals surface area contributed by atoms with Crippen molar-refractivity contribution in [1.29, 1.82) is 0 Å². The third-order valence-electron chi connectivity index (χ3n) is 4.62. The van der Waals surface area contributed by atoms with E-state index < -0.39 is 16.1 Å². The zero-order chi connectivity index (χ0) is 19.2. The van der Waals surface area contributed by atoms with Crippen LogP contribution in [-0.2, 0) is 19.6 Å². The quantitative estimate of drug-likeness (QED) is 0.700. The standard InChI is InChI=1S/C19H30N2O4S/c1-4-5-13-25-16(3)19(22)20-17-10-9-15(2)18(14-17)26(23,24)21-11-7-6-8-12-21/h9-10,14,16H,4-8,11-13H2,1-3H3,(H,20,22). The topological polar surface area (TPSA) is 75.7 Å². The summed E-state index contributed by atoms with van der Waals surface area (Å²) in [5.41, 5.74) is 1.16. The van der Waals surface area contributed by atoms with E-state index in [2.05, 4.69) is 12.2 Å². The van der Waals surface area contributed by atoms with Crippen LogP contribution in [0.4, 0.5) is 5.69 Å². The molecule has 1 aromatic rings. The Kier molecular flexibility index (Phi) is 7.61. The van der Waals surface area contributed by atoms with E-state index in [0.29, 0.717) is 30.9 Å². The number of unbranched alkanes of at least 4 members (excludes halogenated alkanes) is 1. The summed E-state index contributed by atoms with van der Waals surface area (Å²) in [4.78, 5) is 12.5. The molecule has 0 aliphatic carbocycles. The number of amides is 1. The van der Waals surface area contributed by atoms with Crippen LogP contribution in [0.1, 0.15) is 51.5 Å². The first-order valence-electron chi connectivity index (χ1n) is 9.39. The minimum absolute atomic E-state index is 0.261. The van der Waals surface area contributed by atoms with Crippen molar-refractivity contribution in [2.75, 3.05) is 25.0 Å². The summed E-state index contributed by atoms with van der Waals surface area (Å²) < 4.78 is 32.9. The number of hydrogen-bond donors (Lipinski definition) is 1. The van der Waals surface area contributed by atoms with Gasteiger partial charge in [0, 0.05) is 25.4 Å². The zero-order valence-electron chi connectivity index (χ0n) is 16.0. The van der Waals surface area contributed by atoms with Crippen molar-refractivity contribution in [2.24, 2.45) is 0 Å². The lowest BCUT2D eigenvalue weighted by Gasteiger charge is -2.26. The van der Waals surface area contributed by atoms with E-state index in [1.54, 1.807) is 36.4 Å². The maximum Gasteiger partial charge on any atom is 0.253 e. The van der Waals surface area contributed by atoms with Crippen LogP contribution in [0.2, 0.25) is 0 Å². The van der Waals surface area contributed by atoms with Gasteiger partial charge < -0.3 is 10.1 Å². The molecule has 1 atom stereocenters. The molecule has 146 valence electrons. The van der Waals surface area contributed by atoms with Gasteiger partial charge in [0.2, 0.25) is 10.0 Å². The molecule has 1 amide bonds. The average Bonchev–Trinajstić information content (AvgIpc) is 2.64. The highest BCUT2D eigenvalue weighted by atomic mass is 32.2. The van der Waals surface area contributed by atoms with E-state index in [1.807, 2.05) is 0 Å². The first-order chi connectivity index (χ1) is 12.4. The summed E-state index contributed by atoms with van der Waals surface area (Å²) in [5, 5.41) is 2.76. The maximum absolute atomic E-state index is 12.9. The van der Waals surface area contributed by atoms with Crippen LogP contribution in [-0.4, -0.2) is 44.4 Å². The lowest BCUT2D eigenvalue weighted by molar-refractivity contribution is -0.126. The lowest BCUT2D eigenvalue weighted by atomic mass is 10.2. The van der Waals surface area contributed by atoms with E-state index >= 15 is 0 Å². The number of anilines is 1. The van der Waals surface area contributed by atoms with Crippen molar-refractivity contribution >= 4 is 21.6 Å². The number of aryl methyl sites for hydroxylation is 1. The van der Waals surface area contributed by atoms with Gasteiger partial charge in [-0.1, -0.05) is 25.8 Å². The smallest absolute Gasteiger partial charge is 0.253 e. The van der Waals surface area contributed by atoms with Crippen molar-refractivity contribution in [1.82, 2.24) is 4.31 Å². The zero-order valence-corrected chi connectivity index (χ0v) is 16.8.